The quantitative estimate of drug-likeness (QED) is 0.797. The van der Waals surface area contributed by atoms with Gasteiger partial charge in [-0.05, 0) is 25.7 Å². The molecule has 0 fully saturated rings. The van der Waals surface area contributed by atoms with Crippen LogP contribution < -0.4 is 0 Å². The summed E-state index contributed by atoms with van der Waals surface area (Å²) < 4.78 is 1.82. The minimum Gasteiger partial charge on any atom is -0.480 e. The summed E-state index contributed by atoms with van der Waals surface area (Å²) in [5.74, 6) is -0.689. The Morgan fingerprint density at radius 1 is 1.43 bits per heavy atom. The van der Waals surface area contributed by atoms with Crippen LogP contribution in [0.4, 0.5) is 0 Å². The zero-order valence-electron chi connectivity index (χ0n) is 13.3. The monoisotopic (exact) mass is 295 g/mol. The Morgan fingerprint density at radius 2 is 2.10 bits per heavy atom. The molecule has 118 valence electrons. The van der Waals surface area contributed by atoms with Crippen LogP contribution in [0.25, 0.3) is 0 Å². The maximum Gasteiger partial charge on any atom is 0.323 e. The minimum atomic E-state index is -0.998. The van der Waals surface area contributed by atoms with E-state index < -0.39 is 5.97 Å². The van der Waals surface area contributed by atoms with Crippen LogP contribution in [0.15, 0.2) is 6.20 Å². The molecular formula is C15H25N3O3. The second-order valence-electron chi connectivity index (χ2n) is 5.67. The van der Waals surface area contributed by atoms with Gasteiger partial charge in [-0.1, -0.05) is 20.8 Å². The van der Waals surface area contributed by atoms with Crippen LogP contribution >= 0.6 is 0 Å². The average Bonchev–Trinajstić information content (AvgIpc) is 2.76. The maximum absolute atomic E-state index is 12.5. The number of hydrogen-bond donors (Lipinski definition) is 1. The highest BCUT2D eigenvalue weighted by Crippen LogP contribution is 2.13. The highest BCUT2D eigenvalue weighted by Gasteiger charge is 2.22. The van der Waals surface area contributed by atoms with Crippen molar-refractivity contribution in [1.29, 1.82) is 0 Å². The lowest BCUT2D eigenvalue weighted by molar-refractivity contribution is -0.137. The smallest absolute Gasteiger partial charge is 0.323 e. The zero-order chi connectivity index (χ0) is 16.0. The predicted octanol–water partition coefficient (Wildman–Crippen LogP) is 2.17. The fraction of sp³-hybridized carbons (Fsp3) is 0.667. The molecule has 0 aliphatic carbocycles. The van der Waals surface area contributed by atoms with Gasteiger partial charge in [0.15, 0.2) is 0 Å². The fourth-order valence-electron chi connectivity index (χ4n) is 2.12. The molecule has 0 unspecified atom stereocenters. The third-order valence-corrected chi connectivity index (χ3v) is 3.36. The molecule has 1 N–H and O–H groups in total. The Kier molecular flexibility index (Phi) is 6.39. The Bertz CT molecular complexity index is 494. The van der Waals surface area contributed by atoms with Gasteiger partial charge in [0.05, 0.1) is 11.8 Å². The Hall–Kier alpha value is -1.85. The summed E-state index contributed by atoms with van der Waals surface area (Å²) in [6, 6.07) is 0. The molecular weight excluding hydrogens is 270 g/mol. The minimum absolute atomic E-state index is 0.257. The second kappa shape index (κ2) is 7.81. The summed E-state index contributed by atoms with van der Waals surface area (Å²) in [5.41, 5.74) is 1.29. The van der Waals surface area contributed by atoms with Crippen molar-refractivity contribution >= 4 is 11.9 Å². The third kappa shape index (κ3) is 4.88. The number of carboxylic acid groups (broad SMARTS) is 1. The van der Waals surface area contributed by atoms with Crippen molar-refractivity contribution in [1.82, 2.24) is 14.7 Å². The van der Waals surface area contributed by atoms with E-state index in [4.69, 9.17) is 5.11 Å². The highest BCUT2D eigenvalue weighted by atomic mass is 16.4. The summed E-state index contributed by atoms with van der Waals surface area (Å²) >= 11 is 0. The summed E-state index contributed by atoms with van der Waals surface area (Å²) in [7, 11) is 0. The Morgan fingerprint density at radius 3 is 2.62 bits per heavy atom. The molecule has 0 saturated heterocycles. The third-order valence-electron chi connectivity index (χ3n) is 3.36. The van der Waals surface area contributed by atoms with Crippen molar-refractivity contribution in [3.63, 3.8) is 0 Å². The molecule has 1 aromatic heterocycles. The van der Waals surface area contributed by atoms with Gasteiger partial charge in [0.25, 0.3) is 5.91 Å². The first-order valence-corrected chi connectivity index (χ1v) is 7.40. The number of aliphatic carboxylic acids is 1. The standard InChI is InChI=1S/C15H25N3O3/c1-5-7-17(10-14(19)20)15(21)13-9-16-18(12(13)4)8-6-11(2)3/h9,11H,5-8,10H2,1-4H3,(H,19,20). The van der Waals surface area contributed by atoms with Gasteiger partial charge in [-0.15, -0.1) is 0 Å². The molecule has 1 amide bonds. The topological polar surface area (TPSA) is 75.4 Å². The van der Waals surface area contributed by atoms with Crippen LogP contribution in [0, 0.1) is 12.8 Å². The molecule has 1 heterocycles. The first kappa shape index (κ1) is 17.2. The number of rotatable bonds is 8. The number of carbonyl (C=O) groups is 2. The van der Waals surface area contributed by atoms with E-state index in [2.05, 4.69) is 18.9 Å². The van der Waals surface area contributed by atoms with Crippen molar-refractivity contribution in [3.05, 3.63) is 17.5 Å². The zero-order valence-corrected chi connectivity index (χ0v) is 13.3. The molecule has 1 aromatic rings. The van der Waals surface area contributed by atoms with Gasteiger partial charge in [-0.3, -0.25) is 14.3 Å². The number of aromatic nitrogens is 2. The van der Waals surface area contributed by atoms with Crippen LogP contribution in [-0.2, 0) is 11.3 Å². The second-order valence-corrected chi connectivity index (χ2v) is 5.67. The molecule has 0 bridgehead atoms. The van der Waals surface area contributed by atoms with Gasteiger partial charge in [0, 0.05) is 18.8 Å². The number of amides is 1. The molecule has 21 heavy (non-hydrogen) atoms. The van der Waals surface area contributed by atoms with Gasteiger partial charge < -0.3 is 10.0 Å². The molecule has 0 atom stereocenters. The average molecular weight is 295 g/mol. The maximum atomic E-state index is 12.5. The van der Waals surface area contributed by atoms with E-state index in [1.807, 2.05) is 18.5 Å². The number of carboxylic acids is 1. The van der Waals surface area contributed by atoms with E-state index in [1.54, 1.807) is 6.20 Å². The lowest BCUT2D eigenvalue weighted by Gasteiger charge is -2.19. The van der Waals surface area contributed by atoms with Crippen LogP contribution in [0.3, 0.4) is 0 Å². The van der Waals surface area contributed by atoms with Crippen molar-refractivity contribution in [2.24, 2.45) is 5.92 Å². The molecule has 1 rings (SSSR count). The van der Waals surface area contributed by atoms with Crippen molar-refractivity contribution in [2.45, 2.75) is 47.1 Å². The van der Waals surface area contributed by atoms with Crippen LogP contribution in [-0.4, -0.2) is 44.8 Å². The summed E-state index contributed by atoms with van der Waals surface area (Å²) in [6.07, 6.45) is 3.26. The lowest BCUT2D eigenvalue weighted by Crippen LogP contribution is -2.36. The Labute approximate surface area is 125 Å². The van der Waals surface area contributed by atoms with Gasteiger partial charge in [-0.25, -0.2) is 0 Å². The largest absolute Gasteiger partial charge is 0.480 e. The fourth-order valence-corrected chi connectivity index (χ4v) is 2.12. The first-order chi connectivity index (χ1) is 9.86. The summed E-state index contributed by atoms with van der Waals surface area (Å²) in [5, 5.41) is 13.2. The molecule has 0 aliphatic rings. The van der Waals surface area contributed by atoms with Gasteiger partial charge >= 0.3 is 5.97 Å². The van der Waals surface area contributed by atoms with E-state index in [1.165, 1.54) is 4.90 Å². The van der Waals surface area contributed by atoms with Crippen molar-refractivity contribution in [2.75, 3.05) is 13.1 Å². The van der Waals surface area contributed by atoms with Crippen LogP contribution in [0.2, 0.25) is 0 Å². The molecule has 0 aliphatic heterocycles. The summed E-state index contributed by atoms with van der Waals surface area (Å²) in [6.45, 7) is 8.97. The van der Waals surface area contributed by atoms with Gasteiger partial charge in [-0.2, -0.15) is 5.10 Å². The van der Waals surface area contributed by atoms with Crippen molar-refractivity contribution in [3.8, 4) is 0 Å². The molecule has 0 spiro atoms. The van der Waals surface area contributed by atoms with Crippen molar-refractivity contribution < 1.29 is 14.7 Å². The number of carbonyl (C=O) groups excluding carboxylic acids is 1. The highest BCUT2D eigenvalue weighted by molar-refractivity contribution is 5.96. The van der Waals surface area contributed by atoms with Gasteiger partial charge in [0.1, 0.15) is 6.54 Å². The number of nitrogens with zero attached hydrogens (tertiary/aromatic N) is 3. The summed E-state index contributed by atoms with van der Waals surface area (Å²) in [4.78, 5) is 24.7. The predicted molar refractivity (Wildman–Crippen MR) is 80.2 cm³/mol. The number of hydrogen-bond acceptors (Lipinski definition) is 3. The molecule has 6 heteroatoms. The lowest BCUT2D eigenvalue weighted by atomic mass is 10.1. The molecule has 0 radical (unpaired) electrons. The van der Waals surface area contributed by atoms with Crippen LogP contribution in [0.1, 0.15) is 49.7 Å². The van der Waals surface area contributed by atoms with E-state index >= 15 is 0 Å². The van der Waals surface area contributed by atoms with E-state index in [-0.39, 0.29) is 12.5 Å². The molecule has 0 aromatic carbocycles. The Balaban J connectivity index is 2.87. The van der Waals surface area contributed by atoms with Crippen LogP contribution in [0.5, 0.6) is 0 Å². The normalized spacial score (nSPS) is 10.9. The number of aryl methyl sites for hydroxylation is 1. The van der Waals surface area contributed by atoms with E-state index in [0.29, 0.717) is 18.0 Å². The molecule has 0 saturated carbocycles. The molecule has 6 nitrogen and oxygen atoms in total. The van der Waals surface area contributed by atoms with E-state index in [0.717, 1.165) is 25.1 Å². The van der Waals surface area contributed by atoms with E-state index in [9.17, 15) is 9.59 Å². The SMILES string of the molecule is CCCN(CC(=O)O)C(=O)c1cnn(CCC(C)C)c1C. The van der Waals surface area contributed by atoms with Gasteiger partial charge in [0.2, 0.25) is 0 Å². The first-order valence-electron chi connectivity index (χ1n) is 7.40.